The highest BCUT2D eigenvalue weighted by Crippen LogP contribution is 2.37. The highest BCUT2D eigenvalue weighted by atomic mass is 16.2. The Balaban J connectivity index is 1.83. The number of nitrogens with one attached hydrogen (secondary N) is 1. The molecule has 5 nitrogen and oxygen atoms in total. The molecule has 0 aromatic carbocycles. The highest BCUT2D eigenvalue weighted by molar-refractivity contribution is 5.97. The highest BCUT2D eigenvalue weighted by Gasteiger charge is 2.47. The van der Waals surface area contributed by atoms with Crippen LogP contribution >= 0.6 is 0 Å². The summed E-state index contributed by atoms with van der Waals surface area (Å²) in [6.45, 7) is 2.45. The largest absolute Gasteiger partial charge is 0.342 e. The second kappa shape index (κ2) is 5.84. The van der Waals surface area contributed by atoms with Crippen molar-refractivity contribution in [1.82, 2.24) is 15.2 Å². The van der Waals surface area contributed by atoms with Gasteiger partial charge in [-0.1, -0.05) is 19.4 Å². The number of nitrogens with zero attached hydrogens (tertiary/aromatic N) is 2. The maximum Gasteiger partial charge on any atom is 0.246 e. The monoisotopic (exact) mass is 287 g/mol. The fourth-order valence-electron chi connectivity index (χ4n) is 3.00. The van der Waals surface area contributed by atoms with Gasteiger partial charge < -0.3 is 10.2 Å². The normalized spacial score (nSPS) is 25.9. The van der Waals surface area contributed by atoms with Crippen molar-refractivity contribution in [3.8, 4) is 0 Å². The Morgan fingerprint density at radius 2 is 2.14 bits per heavy atom. The Hall–Kier alpha value is -1.91. The third-order valence-electron chi connectivity index (χ3n) is 4.21. The van der Waals surface area contributed by atoms with Gasteiger partial charge in [0.05, 0.1) is 12.2 Å². The lowest BCUT2D eigenvalue weighted by molar-refractivity contribution is -0.151. The summed E-state index contributed by atoms with van der Waals surface area (Å²) < 4.78 is 0. The molecule has 0 bridgehead atoms. The van der Waals surface area contributed by atoms with Crippen molar-refractivity contribution in [2.24, 2.45) is 5.92 Å². The van der Waals surface area contributed by atoms with Crippen molar-refractivity contribution in [2.45, 2.75) is 51.2 Å². The Bertz CT molecular complexity index is 528. The summed E-state index contributed by atoms with van der Waals surface area (Å²) in [5.41, 5.74) is 0.835. The minimum absolute atomic E-state index is 0.00600. The lowest BCUT2D eigenvalue weighted by Crippen LogP contribution is -2.63. The lowest BCUT2D eigenvalue weighted by atomic mass is 10.00. The number of hydrogen-bond acceptors (Lipinski definition) is 3. The van der Waals surface area contributed by atoms with Crippen molar-refractivity contribution in [3.05, 3.63) is 30.1 Å². The first-order valence-electron chi connectivity index (χ1n) is 7.71. The molecule has 1 saturated heterocycles. The number of carbonyl (C=O) groups is 2. The fourth-order valence-corrected chi connectivity index (χ4v) is 3.00. The number of hydrogen-bond donors (Lipinski definition) is 1. The van der Waals surface area contributed by atoms with Crippen LogP contribution in [0.1, 0.15) is 38.3 Å². The van der Waals surface area contributed by atoms with Crippen LogP contribution in [0.15, 0.2) is 24.4 Å². The SMILES string of the molecule is CCCC1NC(=O)C(C2CC2)N(Cc2ccccn2)C1=O. The molecule has 2 atom stereocenters. The molecule has 1 aliphatic heterocycles. The Morgan fingerprint density at radius 3 is 2.76 bits per heavy atom. The molecule has 1 saturated carbocycles. The first-order valence-corrected chi connectivity index (χ1v) is 7.71. The maximum atomic E-state index is 12.7. The molecule has 2 fully saturated rings. The molecule has 0 spiro atoms. The average Bonchev–Trinajstić information content (AvgIpc) is 3.30. The number of rotatable bonds is 5. The van der Waals surface area contributed by atoms with Gasteiger partial charge in [-0.05, 0) is 37.3 Å². The molecule has 2 unspecified atom stereocenters. The number of aromatic nitrogens is 1. The molecular weight excluding hydrogens is 266 g/mol. The van der Waals surface area contributed by atoms with E-state index in [9.17, 15) is 9.59 Å². The second-order valence-electron chi connectivity index (χ2n) is 5.92. The van der Waals surface area contributed by atoms with Crippen LogP contribution in [0, 0.1) is 5.92 Å². The van der Waals surface area contributed by atoms with Crippen LogP contribution in [0.2, 0.25) is 0 Å². The van der Waals surface area contributed by atoms with Crippen LogP contribution in [-0.2, 0) is 16.1 Å². The quantitative estimate of drug-likeness (QED) is 0.892. The van der Waals surface area contributed by atoms with Crippen LogP contribution in [0.3, 0.4) is 0 Å². The Kier molecular flexibility index (Phi) is 3.90. The molecular formula is C16H21N3O2. The summed E-state index contributed by atoms with van der Waals surface area (Å²) in [6.07, 6.45) is 5.35. The third kappa shape index (κ3) is 2.91. The average molecular weight is 287 g/mol. The van der Waals surface area contributed by atoms with E-state index in [1.54, 1.807) is 11.1 Å². The van der Waals surface area contributed by atoms with Gasteiger partial charge in [0, 0.05) is 6.20 Å². The topological polar surface area (TPSA) is 62.3 Å². The Morgan fingerprint density at radius 1 is 1.33 bits per heavy atom. The third-order valence-corrected chi connectivity index (χ3v) is 4.21. The minimum atomic E-state index is -0.374. The van der Waals surface area contributed by atoms with Crippen molar-refractivity contribution < 1.29 is 9.59 Å². The minimum Gasteiger partial charge on any atom is -0.342 e. The molecule has 1 aromatic heterocycles. The molecule has 2 aliphatic rings. The maximum absolute atomic E-state index is 12.7. The summed E-state index contributed by atoms with van der Waals surface area (Å²) in [4.78, 5) is 31.1. The van der Waals surface area contributed by atoms with Gasteiger partial charge in [0.1, 0.15) is 12.1 Å². The summed E-state index contributed by atoms with van der Waals surface area (Å²) in [5, 5.41) is 2.90. The summed E-state index contributed by atoms with van der Waals surface area (Å²) in [6, 6.07) is 4.98. The van der Waals surface area contributed by atoms with E-state index in [1.165, 1.54) is 0 Å². The van der Waals surface area contributed by atoms with Gasteiger partial charge >= 0.3 is 0 Å². The smallest absolute Gasteiger partial charge is 0.246 e. The first-order chi connectivity index (χ1) is 10.2. The van der Waals surface area contributed by atoms with E-state index in [0.29, 0.717) is 18.9 Å². The second-order valence-corrected chi connectivity index (χ2v) is 5.92. The number of amides is 2. The summed E-state index contributed by atoms with van der Waals surface area (Å²) >= 11 is 0. The van der Waals surface area contributed by atoms with Gasteiger partial charge in [-0.15, -0.1) is 0 Å². The predicted octanol–water partition coefficient (Wildman–Crippen LogP) is 1.49. The Labute approximate surface area is 124 Å². The molecule has 0 radical (unpaired) electrons. The van der Waals surface area contributed by atoms with E-state index in [0.717, 1.165) is 25.0 Å². The van der Waals surface area contributed by atoms with Crippen molar-refractivity contribution in [1.29, 1.82) is 0 Å². The molecule has 2 amide bonds. The number of carbonyl (C=O) groups excluding carboxylic acids is 2. The van der Waals surface area contributed by atoms with E-state index in [4.69, 9.17) is 0 Å². The number of pyridine rings is 1. The molecule has 1 aliphatic carbocycles. The van der Waals surface area contributed by atoms with Crippen molar-refractivity contribution in [2.75, 3.05) is 0 Å². The molecule has 5 heteroatoms. The van der Waals surface area contributed by atoms with Gasteiger partial charge in [0.25, 0.3) is 0 Å². The molecule has 3 rings (SSSR count). The van der Waals surface area contributed by atoms with Gasteiger partial charge in [-0.3, -0.25) is 14.6 Å². The molecule has 1 aromatic rings. The first kappa shape index (κ1) is 14.0. The van der Waals surface area contributed by atoms with Crippen molar-refractivity contribution >= 4 is 11.8 Å². The van der Waals surface area contributed by atoms with E-state index in [2.05, 4.69) is 10.3 Å². The zero-order valence-corrected chi connectivity index (χ0v) is 12.3. The van der Waals surface area contributed by atoms with Crippen LogP contribution in [0.25, 0.3) is 0 Å². The zero-order valence-electron chi connectivity index (χ0n) is 12.3. The molecule has 21 heavy (non-hydrogen) atoms. The van der Waals surface area contributed by atoms with E-state index < -0.39 is 0 Å². The summed E-state index contributed by atoms with van der Waals surface area (Å²) in [5.74, 6) is 0.366. The molecule has 2 heterocycles. The molecule has 112 valence electrons. The van der Waals surface area contributed by atoms with E-state index in [1.807, 2.05) is 25.1 Å². The van der Waals surface area contributed by atoms with Crippen LogP contribution in [0.5, 0.6) is 0 Å². The van der Waals surface area contributed by atoms with Crippen LogP contribution in [-0.4, -0.2) is 33.8 Å². The molecule has 1 N–H and O–H groups in total. The van der Waals surface area contributed by atoms with Gasteiger partial charge in [-0.25, -0.2) is 0 Å². The van der Waals surface area contributed by atoms with Crippen LogP contribution < -0.4 is 5.32 Å². The predicted molar refractivity (Wildman–Crippen MR) is 78.1 cm³/mol. The standard InChI is InChI=1S/C16H21N3O2/c1-2-5-13-16(21)19(10-12-6-3-4-9-17-12)14(11-7-8-11)15(20)18-13/h3-4,6,9,11,13-14H,2,5,7-8,10H2,1H3,(H,18,20). The van der Waals surface area contributed by atoms with Gasteiger partial charge in [0.2, 0.25) is 11.8 Å². The van der Waals surface area contributed by atoms with Gasteiger partial charge in [0.15, 0.2) is 0 Å². The zero-order chi connectivity index (χ0) is 14.8. The van der Waals surface area contributed by atoms with E-state index in [-0.39, 0.29) is 23.9 Å². The summed E-state index contributed by atoms with van der Waals surface area (Å²) in [7, 11) is 0. The van der Waals surface area contributed by atoms with Crippen molar-refractivity contribution in [3.63, 3.8) is 0 Å². The lowest BCUT2D eigenvalue weighted by Gasteiger charge is -2.39. The number of piperazine rings is 1. The van der Waals surface area contributed by atoms with Gasteiger partial charge in [-0.2, -0.15) is 0 Å². The van der Waals surface area contributed by atoms with E-state index >= 15 is 0 Å². The van der Waals surface area contributed by atoms with Crippen LogP contribution in [0.4, 0.5) is 0 Å². The fraction of sp³-hybridized carbons (Fsp3) is 0.562.